The number of aromatic nitrogens is 1. The van der Waals surface area contributed by atoms with Gasteiger partial charge in [0.05, 0.1) is 29.5 Å². The molecule has 118 valence electrons. The van der Waals surface area contributed by atoms with Gasteiger partial charge < -0.3 is 9.47 Å². The molecule has 22 heavy (non-hydrogen) atoms. The van der Waals surface area contributed by atoms with Crippen LogP contribution in [-0.2, 0) is 9.47 Å². The molecule has 0 bridgehead atoms. The lowest BCUT2D eigenvalue weighted by Crippen LogP contribution is -2.21. The molecule has 0 saturated carbocycles. The van der Waals surface area contributed by atoms with E-state index < -0.39 is 5.97 Å². The Kier molecular flexibility index (Phi) is 6.22. The predicted octanol–water partition coefficient (Wildman–Crippen LogP) is 3.10. The molecule has 0 aliphatic carbocycles. The van der Waals surface area contributed by atoms with E-state index in [9.17, 15) is 10.1 Å². The second-order valence-corrected chi connectivity index (χ2v) is 6.11. The Morgan fingerprint density at radius 1 is 1.59 bits per heavy atom. The smallest absolute Gasteiger partial charge is 0.340 e. The van der Waals surface area contributed by atoms with Crippen LogP contribution in [0.3, 0.4) is 0 Å². The predicted molar refractivity (Wildman–Crippen MR) is 84.0 cm³/mol. The van der Waals surface area contributed by atoms with E-state index in [1.807, 2.05) is 0 Å². The van der Waals surface area contributed by atoms with Crippen LogP contribution in [0.4, 0.5) is 0 Å². The number of nitrogens with zero attached hydrogens (tertiary/aromatic N) is 2. The summed E-state index contributed by atoms with van der Waals surface area (Å²) in [6, 6.07) is 3.69. The molecule has 1 fully saturated rings. The van der Waals surface area contributed by atoms with Crippen molar-refractivity contribution in [2.45, 2.75) is 44.2 Å². The third-order valence-corrected chi connectivity index (χ3v) is 4.60. The maximum Gasteiger partial charge on any atom is 0.340 e. The van der Waals surface area contributed by atoms with E-state index in [0.717, 1.165) is 25.2 Å². The Balaban J connectivity index is 2.12. The fraction of sp³-hybridized carbons (Fsp3) is 0.562. The molecule has 1 saturated heterocycles. The van der Waals surface area contributed by atoms with Crippen molar-refractivity contribution in [3.63, 3.8) is 0 Å². The molecule has 1 aliphatic rings. The van der Waals surface area contributed by atoms with Crippen molar-refractivity contribution in [1.82, 2.24) is 4.98 Å². The Morgan fingerprint density at radius 2 is 2.41 bits per heavy atom. The molecule has 1 atom stereocenters. The summed E-state index contributed by atoms with van der Waals surface area (Å²) in [5, 5.41) is 9.95. The molecule has 1 aromatic rings. The van der Waals surface area contributed by atoms with Crippen molar-refractivity contribution in [3.05, 3.63) is 22.9 Å². The Morgan fingerprint density at radius 3 is 3.05 bits per heavy atom. The molecule has 1 aliphatic heterocycles. The van der Waals surface area contributed by atoms with Gasteiger partial charge in [0, 0.05) is 12.4 Å². The Hall–Kier alpha value is -1.58. The zero-order valence-electron chi connectivity index (χ0n) is 12.9. The molecule has 5 nitrogen and oxygen atoms in total. The summed E-state index contributed by atoms with van der Waals surface area (Å²) in [4.78, 5) is 16.3. The van der Waals surface area contributed by atoms with E-state index in [0.29, 0.717) is 28.5 Å². The zero-order chi connectivity index (χ0) is 15.9. The number of ether oxygens (including phenoxy) is 2. The summed E-state index contributed by atoms with van der Waals surface area (Å²) in [5.74, 6) is 0.344. The van der Waals surface area contributed by atoms with E-state index in [2.05, 4.69) is 11.1 Å². The molecule has 2 heterocycles. The summed E-state index contributed by atoms with van der Waals surface area (Å²) in [6.07, 6.45) is 3.58. The first-order valence-electron chi connectivity index (χ1n) is 7.49. The molecule has 1 aromatic heterocycles. The van der Waals surface area contributed by atoms with E-state index >= 15 is 0 Å². The molecule has 0 amide bonds. The first-order valence-corrected chi connectivity index (χ1v) is 8.47. The van der Waals surface area contributed by atoms with Gasteiger partial charge in [-0.2, -0.15) is 5.26 Å². The van der Waals surface area contributed by atoms with Crippen LogP contribution in [0.5, 0.6) is 0 Å². The molecular weight excluding hydrogens is 300 g/mol. The van der Waals surface area contributed by atoms with Gasteiger partial charge in [-0.3, -0.25) is 0 Å². The summed E-state index contributed by atoms with van der Waals surface area (Å²) < 4.78 is 10.7. The summed E-state index contributed by atoms with van der Waals surface area (Å²) in [5.41, 5.74) is 1.36. The van der Waals surface area contributed by atoms with Gasteiger partial charge in [0.2, 0.25) is 0 Å². The van der Waals surface area contributed by atoms with Gasteiger partial charge in [0.15, 0.2) is 0 Å². The largest absolute Gasteiger partial charge is 0.462 e. The quantitative estimate of drug-likeness (QED) is 0.613. The van der Waals surface area contributed by atoms with E-state index in [-0.39, 0.29) is 6.10 Å². The summed E-state index contributed by atoms with van der Waals surface area (Å²) in [7, 11) is 0. The average Bonchev–Trinajstić information content (AvgIpc) is 2.54. The maximum absolute atomic E-state index is 11.9. The van der Waals surface area contributed by atoms with Gasteiger partial charge in [0.25, 0.3) is 0 Å². The van der Waals surface area contributed by atoms with Crippen molar-refractivity contribution >= 4 is 17.7 Å². The molecule has 0 aromatic carbocycles. The first kappa shape index (κ1) is 16.8. The number of hydrogen-bond acceptors (Lipinski definition) is 6. The van der Waals surface area contributed by atoms with Crippen molar-refractivity contribution in [1.29, 1.82) is 5.26 Å². The normalized spacial score (nSPS) is 17.8. The van der Waals surface area contributed by atoms with Crippen LogP contribution in [0.2, 0.25) is 0 Å². The zero-order valence-corrected chi connectivity index (χ0v) is 13.7. The second kappa shape index (κ2) is 8.16. The van der Waals surface area contributed by atoms with Crippen molar-refractivity contribution in [2.24, 2.45) is 0 Å². The lowest BCUT2D eigenvalue weighted by molar-refractivity contribution is 0.0315. The minimum Gasteiger partial charge on any atom is -0.462 e. The SMILES string of the molecule is CCOC(=O)c1cc(C#N)c(SCC2CCCCO2)nc1C. The van der Waals surface area contributed by atoms with Gasteiger partial charge in [0.1, 0.15) is 11.1 Å². The lowest BCUT2D eigenvalue weighted by atomic mass is 10.1. The molecule has 0 N–H and O–H groups in total. The van der Waals surface area contributed by atoms with Crippen molar-refractivity contribution in [3.8, 4) is 6.07 Å². The summed E-state index contributed by atoms with van der Waals surface area (Å²) >= 11 is 1.52. The highest BCUT2D eigenvalue weighted by molar-refractivity contribution is 7.99. The number of thioether (sulfide) groups is 1. The Labute approximate surface area is 135 Å². The van der Waals surface area contributed by atoms with Crippen molar-refractivity contribution in [2.75, 3.05) is 19.0 Å². The van der Waals surface area contributed by atoms with Crippen LogP contribution in [0, 0.1) is 18.3 Å². The maximum atomic E-state index is 11.9. The third-order valence-electron chi connectivity index (χ3n) is 3.47. The Bertz CT molecular complexity index is 577. The van der Waals surface area contributed by atoms with Gasteiger partial charge in [-0.25, -0.2) is 9.78 Å². The van der Waals surface area contributed by atoms with E-state index in [1.165, 1.54) is 18.2 Å². The summed E-state index contributed by atoms with van der Waals surface area (Å²) in [6.45, 7) is 4.62. The topological polar surface area (TPSA) is 72.2 Å². The lowest BCUT2D eigenvalue weighted by Gasteiger charge is -2.22. The number of carbonyl (C=O) groups is 1. The number of hydrogen-bond donors (Lipinski definition) is 0. The standard InChI is InChI=1S/C16H20N2O3S/c1-3-20-16(19)14-8-12(9-17)15(18-11(14)2)22-10-13-6-4-5-7-21-13/h8,13H,3-7,10H2,1-2H3. The van der Waals surface area contributed by atoms with Gasteiger partial charge in [-0.1, -0.05) is 0 Å². The molecule has 0 spiro atoms. The van der Waals surface area contributed by atoms with E-state index in [1.54, 1.807) is 19.9 Å². The van der Waals surface area contributed by atoms with Gasteiger partial charge >= 0.3 is 5.97 Å². The number of carbonyl (C=O) groups excluding carboxylic acids is 1. The van der Waals surface area contributed by atoms with E-state index in [4.69, 9.17) is 9.47 Å². The van der Waals surface area contributed by atoms with Crippen LogP contribution >= 0.6 is 11.8 Å². The van der Waals surface area contributed by atoms with Crippen molar-refractivity contribution < 1.29 is 14.3 Å². The number of nitriles is 1. The first-order chi connectivity index (χ1) is 10.7. The van der Waals surface area contributed by atoms with Gasteiger partial charge in [-0.05, 0) is 39.2 Å². The number of aryl methyl sites for hydroxylation is 1. The molecule has 1 unspecified atom stereocenters. The molecular formula is C16H20N2O3S. The minimum atomic E-state index is -0.434. The third kappa shape index (κ3) is 4.21. The average molecular weight is 320 g/mol. The highest BCUT2D eigenvalue weighted by Crippen LogP contribution is 2.26. The number of esters is 1. The van der Waals surface area contributed by atoms with Crippen LogP contribution < -0.4 is 0 Å². The highest BCUT2D eigenvalue weighted by atomic mass is 32.2. The fourth-order valence-corrected chi connectivity index (χ4v) is 3.37. The second-order valence-electron chi connectivity index (χ2n) is 5.11. The molecule has 2 rings (SSSR count). The minimum absolute atomic E-state index is 0.220. The number of pyridine rings is 1. The number of rotatable bonds is 5. The molecule has 6 heteroatoms. The van der Waals surface area contributed by atoms with Crippen LogP contribution in [-0.4, -0.2) is 36.0 Å². The monoisotopic (exact) mass is 320 g/mol. The highest BCUT2D eigenvalue weighted by Gasteiger charge is 2.19. The van der Waals surface area contributed by atoms with Gasteiger partial charge in [-0.15, -0.1) is 11.8 Å². The van der Waals surface area contributed by atoms with Crippen LogP contribution in [0.15, 0.2) is 11.1 Å². The van der Waals surface area contributed by atoms with Crippen LogP contribution in [0.25, 0.3) is 0 Å². The fourth-order valence-electron chi connectivity index (χ4n) is 2.30. The molecule has 0 radical (unpaired) electrons. The van der Waals surface area contributed by atoms with Crippen LogP contribution in [0.1, 0.15) is 47.8 Å².